The van der Waals surface area contributed by atoms with Gasteiger partial charge in [0.2, 0.25) is 47.3 Å². The molecule has 39 nitrogen and oxygen atoms in total. The van der Waals surface area contributed by atoms with E-state index >= 15 is 4.79 Å². The van der Waals surface area contributed by atoms with E-state index in [-0.39, 0.29) is 147 Å². The van der Waals surface area contributed by atoms with Crippen LogP contribution in [0.3, 0.4) is 0 Å². The van der Waals surface area contributed by atoms with Gasteiger partial charge in [0.1, 0.15) is 59.8 Å². The maximum atomic E-state index is 15.2. The van der Waals surface area contributed by atoms with Crippen LogP contribution in [0.15, 0.2) is 64.6 Å². The fourth-order valence-electron chi connectivity index (χ4n) is 15.3. The monoisotopic (exact) mass is 1810 g/mol. The Kier molecular flexibility index (Phi) is 45.7. The molecule has 2 aliphatic rings. The van der Waals surface area contributed by atoms with E-state index in [0.29, 0.717) is 28.3 Å². The van der Waals surface area contributed by atoms with Crippen molar-refractivity contribution in [2.45, 2.75) is 208 Å². The van der Waals surface area contributed by atoms with E-state index in [1.165, 1.54) is 6.92 Å². The van der Waals surface area contributed by atoms with Crippen LogP contribution in [0.25, 0.3) is 0 Å². The minimum atomic E-state index is -1.79. The van der Waals surface area contributed by atoms with Crippen LogP contribution in [-0.2, 0) is 57.5 Å². The number of carbonyl (C=O) groups is 13. The molecule has 128 heavy (non-hydrogen) atoms. The summed E-state index contributed by atoms with van der Waals surface area (Å²) in [6.07, 6.45) is -1.23. The number of carboxylic acids is 4. The Labute approximate surface area is 754 Å². The summed E-state index contributed by atoms with van der Waals surface area (Å²) in [5, 5.41) is 87.8. The number of benzene rings is 3. The minimum absolute atomic E-state index is 0.0157. The molecule has 19 N–H and O–H groups in total. The van der Waals surface area contributed by atoms with Gasteiger partial charge in [-0.2, -0.15) is 4.99 Å². The summed E-state index contributed by atoms with van der Waals surface area (Å²) in [5.74, 6) is -13.8. The summed E-state index contributed by atoms with van der Waals surface area (Å²) in [6.45, 7) is 24.2. The van der Waals surface area contributed by atoms with Crippen molar-refractivity contribution in [3.05, 3.63) is 76.9 Å². The number of ether oxygens (including phenoxy) is 1. The molecule has 9 amide bonds. The number of hydrogen-bond donors (Lipinski definition) is 17. The van der Waals surface area contributed by atoms with Gasteiger partial charge < -0.3 is 104 Å². The zero-order chi connectivity index (χ0) is 95.2. The van der Waals surface area contributed by atoms with E-state index in [1.54, 1.807) is 93.2 Å². The lowest BCUT2D eigenvalue weighted by molar-refractivity contribution is -0.143. The maximum absolute atomic E-state index is 15.2. The molecule has 710 valence electrons. The average molecular weight is 1810 g/mol. The third-order valence-electron chi connectivity index (χ3n) is 22.3. The van der Waals surface area contributed by atoms with Crippen LogP contribution in [0.5, 0.6) is 11.5 Å². The van der Waals surface area contributed by atoms with Crippen LogP contribution < -0.4 is 73.9 Å². The van der Waals surface area contributed by atoms with Gasteiger partial charge in [-0.1, -0.05) is 73.9 Å². The van der Waals surface area contributed by atoms with Crippen LogP contribution in [0, 0.1) is 23.7 Å². The number of nitrogens with two attached hydrogens (primary N) is 2. The molecule has 0 bridgehead atoms. The molecule has 0 spiro atoms. The number of nitrogens with one attached hydrogen (secondary N) is 9. The van der Waals surface area contributed by atoms with Gasteiger partial charge in [-0.05, 0) is 158 Å². The van der Waals surface area contributed by atoms with Crippen molar-refractivity contribution in [1.29, 1.82) is 0 Å². The van der Waals surface area contributed by atoms with Crippen molar-refractivity contribution >= 4 is 117 Å². The SMILES string of the molecule is CC[C@H](C)[C@H](NC(=O)[C@H](CC(C)C)NC(=O)[C@H](CO)NC(=O)[C@H](CC(C)C)NC(=O)[C@H](CCCCNC(=O)c1ccc(N=C=S)cc1C1c2ccc(N(CC)CC)cc2Oc2cc(N(CC)CC)ccc21)NC(=O)CN1CCN(CC(=O)O)CCN(CC(=O)O)CCN(CC(=O)O)CC1)C(=O)N[C@H](C(=O)N[C@@H](CCCN=C(N)N)C(=O)N[C@@H](CC(C)C)C(=O)O)[C@@H](C)O. The Balaban J connectivity index is 1.46. The third-order valence-corrected chi connectivity index (χ3v) is 22.4. The lowest BCUT2D eigenvalue weighted by Crippen LogP contribution is -2.63. The van der Waals surface area contributed by atoms with Crippen LogP contribution in [-0.4, -0.2) is 317 Å². The number of aliphatic carboxylic acids is 4. The van der Waals surface area contributed by atoms with E-state index in [1.807, 2.05) is 36.4 Å². The Morgan fingerprint density at radius 2 is 0.898 bits per heavy atom. The fourth-order valence-corrected chi connectivity index (χ4v) is 15.4. The summed E-state index contributed by atoms with van der Waals surface area (Å²) in [4.78, 5) is 199. The lowest BCUT2D eigenvalue weighted by atomic mass is 9.80. The molecule has 2 aliphatic heterocycles. The highest BCUT2D eigenvalue weighted by Gasteiger charge is 2.40. The number of isothiocyanates is 1. The fraction of sp³-hybridized carbons (Fsp3) is 0.625. The smallest absolute Gasteiger partial charge is 0.326 e. The quantitative estimate of drug-likeness (QED) is 0.0131. The van der Waals surface area contributed by atoms with Crippen molar-refractivity contribution in [2.75, 3.05) is 134 Å². The number of nitrogens with zero attached hydrogens (tertiary/aromatic N) is 8. The molecule has 0 radical (unpaired) electrons. The molecule has 5 rings (SSSR count). The van der Waals surface area contributed by atoms with Crippen LogP contribution in [0.1, 0.15) is 181 Å². The van der Waals surface area contributed by atoms with Gasteiger partial charge in [-0.15, -0.1) is 0 Å². The number of aliphatic hydroxyl groups is 2. The highest BCUT2D eigenvalue weighted by Crippen LogP contribution is 2.51. The van der Waals surface area contributed by atoms with E-state index in [4.69, 9.17) is 28.4 Å². The van der Waals surface area contributed by atoms with Crippen LogP contribution in [0.4, 0.5) is 17.1 Å². The molecule has 0 aromatic heterocycles. The number of aliphatic imine (C=N–C) groups is 2. The summed E-state index contributed by atoms with van der Waals surface area (Å²) >= 11 is 5.07. The van der Waals surface area contributed by atoms with Gasteiger partial charge >= 0.3 is 23.9 Å². The molecule has 40 heteroatoms. The lowest BCUT2D eigenvalue weighted by Gasteiger charge is -2.33. The van der Waals surface area contributed by atoms with Gasteiger partial charge in [0.25, 0.3) is 5.91 Å². The first-order chi connectivity index (χ1) is 60.7. The number of anilines is 2. The number of aliphatic hydroxyl groups excluding tert-OH is 2. The zero-order valence-electron chi connectivity index (χ0n) is 76.1. The zero-order valence-corrected chi connectivity index (χ0v) is 76.9. The third kappa shape index (κ3) is 35.2. The standard InChI is InChI=1S/C88H137N19O20S/c1-14-55(12)77(85(123)101-78(56(13)109)86(124)95-65(23-21-31-92-88(89)90)81(119)98-68(87(125)126)42-54(10)11)100-83(121)67(41-53(8)9)97-84(122)69(50-108)99-82(120)66(40-52(6)7)96-80(118)64(94-72(110)46-102-32-34-103(47-73(111)112)36-38-105(49-75(115)116)39-37-104(35-33-102)48-74(113)114)22-19-20-30-91-79(117)60-27-24-57(93-51-128)43-63(60)76-61-28-25-58(106(15-2)16-3)44-70(61)127-71-45-59(26-29-62(71)76)107(17-4)18-5/h24-29,43-45,52-56,64-69,76-78,108-109H,14-23,30-42,46-50H2,1-13H3,(H,91,117)(H,94,110)(H,95,124)(H,96,118)(H,97,122)(H,98,119)(H,99,120)(H,100,121)(H,101,123)(H,111,112)(H,113,114)(H,115,116)(H,125,126)(H4,89,90,92)/t55-,56+,64-,65-,66-,67-,68-,69-,77-,78-/m0/s1. The Bertz CT molecular complexity index is 4220. The second-order valence-electron chi connectivity index (χ2n) is 33.7. The molecule has 0 aliphatic carbocycles. The van der Waals surface area contributed by atoms with Gasteiger partial charge in [0, 0.05) is 138 Å². The van der Waals surface area contributed by atoms with E-state index < -0.39 is 176 Å². The van der Waals surface area contributed by atoms with Gasteiger partial charge in [0.05, 0.1) is 49.7 Å². The van der Waals surface area contributed by atoms with Gasteiger partial charge in [0.15, 0.2) is 5.96 Å². The predicted molar refractivity (Wildman–Crippen MR) is 487 cm³/mol. The first-order valence-electron chi connectivity index (χ1n) is 44.2. The Morgan fingerprint density at radius 3 is 1.33 bits per heavy atom. The molecule has 0 unspecified atom stereocenters. The maximum Gasteiger partial charge on any atom is 0.326 e. The molecule has 0 saturated carbocycles. The average Bonchev–Trinajstić information content (AvgIpc) is 0.741. The highest BCUT2D eigenvalue weighted by atomic mass is 32.1. The molecule has 10 atom stereocenters. The number of thiocarbonyl (C=S) groups is 1. The normalized spacial score (nSPS) is 15.9. The highest BCUT2D eigenvalue weighted by molar-refractivity contribution is 7.78. The number of rotatable bonds is 52. The number of amides is 9. The number of guanidine groups is 1. The van der Waals surface area contributed by atoms with Crippen molar-refractivity contribution < 1.29 is 97.7 Å². The summed E-state index contributed by atoms with van der Waals surface area (Å²) in [5.41, 5.74) is 15.8. The molecular formula is C88H137N19O20S. The van der Waals surface area contributed by atoms with Crippen LogP contribution in [0.2, 0.25) is 0 Å². The topological polar surface area (TPSA) is 557 Å². The van der Waals surface area contributed by atoms with E-state index in [0.717, 1.165) is 48.7 Å². The first kappa shape index (κ1) is 108. The van der Waals surface area contributed by atoms with Crippen molar-refractivity contribution in [1.82, 2.24) is 67.5 Å². The second kappa shape index (κ2) is 54.4. The van der Waals surface area contributed by atoms with Crippen LogP contribution >= 0.6 is 12.2 Å². The van der Waals surface area contributed by atoms with E-state index in [9.17, 15) is 88.2 Å². The summed E-state index contributed by atoms with van der Waals surface area (Å²) in [7, 11) is 0. The molecule has 3 aromatic rings. The molecule has 1 saturated heterocycles. The number of fused-ring (bicyclic) bond motifs is 2. The van der Waals surface area contributed by atoms with E-state index in [2.05, 4.69) is 100 Å². The number of unbranched alkanes of at least 4 members (excludes halogenated alkanes) is 1. The molecule has 1 fully saturated rings. The predicted octanol–water partition coefficient (Wildman–Crippen LogP) is 2.35. The van der Waals surface area contributed by atoms with Gasteiger partial charge in [-0.25, -0.2) is 4.79 Å². The first-order valence-corrected chi connectivity index (χ1v) is 44.6. The number of carbonyl (C=O) groups excluding carboxylic acids is 9. The van der Waals surface area contributed by atoms with Gasteiger partial charge in [-0.3, -0.25) is 82.1 Å². The number of hydrogen-bond acceptors (Lipinski definition) is 25. The Morgan fingerprint density at radius 1 is 0.492 bits per heavy atom. The Hall–Kier alpha value is -11.0. The van der Waals surface area contributed by atoms with Crippen molar-refractivity contribution in [2.24, 2.45) is 45.1 Å². The molecule has 2 heterocycles. The summed E-state index contributed by atoms with van der Waals surface area (Å²) < 4.78 is 6.79. The second-order valence-corrected chi connectivity index (χ2v) is 33.9. The molecule has 3 aromatic carbocycles. The summed E-state index contributed by atoms with van der Waals surface area (Å²) in [6, 6.07) is 5.06. The molecular weight excluding hydrogens is 1680 g/mol. The largest absolute Gasteiger partial charge is 0.480 e. The number of carboxylic acid groups (broad SMARTS) is 4. The minimum Gasteiger partial charge on any atom is -0.480 e. The van der Waals surface area contributed by atoms with Crippen molar-refractivity contribution in [3.8, 4) is 11.5 Å². The van der Waals surface area contributed by atoms with Crippen molar-refractivity contribution in [3.63, 3.8) is 0 Å².